The number of benzene rings is 1. The van der Waals surface area contributed by atoms with Crippen molar-refractivity contribution in [2.45, 2.75) is 26.2 Å². The van der Waals surface area contributed by atoms with E-state index >= 15 is 0 Å². The molecule has 1 aliphatic rings. The average molecular weight is 233 g/mol. The van der Waals surface area contributed by atoms with E-state index in [0.717, 1.165) is 30.1 Å². The van der Waals surface area contributed by atoms with Crippen molar-refractivity contribution in [3.05, 3.63) is 23.8 Å². The first-order chi connectivity index (χ1) is 8.22. The van der Waals surface area contributed by atoms with Crippen molar-refractivity contribution in [1.29, 1.82) is 0 Å². The third kappa shape index (κ3) is 2.60. The van der Waals surface area contributed by atoms with Crippen LogP contribution in [0.5, 0.6) is 5.75 Å². The van der Waals surface area contributed by atoms with E-state index in [1.165, 1.54) is 19.3 Å². The normalized spacial score (nSPS) is 15.8. The van der Waals surface area contributed by atoms with Crippen molar-refractivity contribution in [3.8, 4) is 5.75 Å². The number of carbonyl (C=O) groups excluding carboxylic acids is 1. The number of ketones is 1. The van der Waals surface area contributed by atoms with E-state index in [0.29, 0.717) is 0 Å². The highest BCUT2D eigenvalue weighted by Gasteiger charge is 2.16. The second kappa shape index (κ2) is 5.21. The Morgan fingerprint density at radius 1 is 1.24 bits per heavy atom. The van der Waals surface area contributed by atoms with Crippen LogP contribution < -0.4 is 9.64 Å². The van der Waals surface area contributed by atoms with Crippen LogP contribution in [0.4, 0.5) is 5.69 Å². The van der Waals surface area contributed by atoms with Gasteiger partial charge in [0.1, 0.15) is 5.75 Å². The molecule has 3 nitrogen and oxygen atoms in total. The van der Waals surface area contributed by atoms with Gasteiger partial charge in [0, 0.05) is 18.7 Å². The summed E-state index contributed by atoms with van der Waals surface area (Å²) in [6.07, 6.45) is 3.73. The molecule has 1 aromatic rings. The highest BCUT2D eigenvalue weighted by molar-refractivity contribution is 5.95. The summed E-state index contributed by atoms with van der Waals surface area (Å²) in [5.74, 6) is 0.961. The van der Waals surface area contributed by atoms with Crippen LogP contribution in [0.15, 0.2) is 18.2 Å². The molecule has 0 aromatic heterocycles. The summed E-state index contributed by atoms with van der Waals surface area (Å²) in [5.41, 5.74) is 1.81. The summed E-state index contributed by atoms with van der Waals surface area (Å²) in [6.45, 7) is 3.71. The molecule has 0 spiro atoms. The summed E-state index contributed by atoms with van der Waals surface area (Å²) in [4.78, 5) is 13.7. The number of Topliss-reactive ketones (excluding diaryl/α,β-unsaturated/α-hetero) is 1. The van der Waals surface area contributed by atoms with E-state index in [1.807, 2.05) is 18.2 Å². The van der Waals surface area contributed by atoms with Gasteiger partial charge in [0.15, 0.2) is 5.78 Å². The molecular formula is C14H19NO2. The number of nitrogens with zero attached hydrogens (tertiary/aromatic N) is 1. The van der Waals surface area contributed by atoms with Gasteiger partial charge in [-0.05, 0) is 44.4 Å². The van der Waals surface area contributed by atoms with Crippen molar-refractivity contribution < 1.29 is 9.53 Å². The maximum atomic E-state index is 11.4. The van der Waals surface area contributed by atoms with Gasteiger partial charge >= 0.3 is 0 Å². The average Bonchev–Trinajstić information content (AvgIpc) is 2.39. The predicted molar refractivity (Wildman–Crippen MR) is 69.1 cm³/mol. The number of hydrogen-bond donors (Lipinski definition) is 0. The standard InChI is InChI=1S/C14H19NO2/c1-11(16)12-6-7-14(17-2)13(10-12)15-8-4-3-5-9-15/h6-7,10H,3-5,8-9H2,1-2H3. The van der Waals surface area contributed by atoms with E-state index in [2.05, 4.69) is 4.90 Å². The Labute approximate surface area is 102 Å². The number of ether oxygens (including phenoxy) is 1. The Morgan fingerprint density at radius 2 is 1.94 bits per heavy atom. The van der Waals surface area contributed by atoms with Crippen molar-refractivity contribution in [3.63, 3.8) is 0 Å². The smallest absolute Gasteiger partial charge is 0.159 e. The number of piperidine rings is 1. The van der Waals surface area contributed by atoms with E-state index in [4.69, 9.17) is 4.74 Å². The predicted octanol–water partition coefficient (Wildman–Crippen LogP) is 2.89. The molecule has 3 heteroatoms. The first-order valence-electron chi connectivity index (χ1n) is 6.16. The number of anilines is 1. The fraction of sp³-hybridized carbons (Fsp3) is 0.500. The Balaban J connectivity index is 2.34. The third-order valence-electron chi connectivity index (χ3n) is 3.28. The number of carbonyl (C=O) groups is 1. The number of hydrogen-bond acceptors (Lipinski definition) is 3. The van der Waals surface area contributed by atoms with Gasteiger partial charge in [-0.25, -0.2) is 0 Å². The van der Waals surface area contributed by atoms with Crippen molar-refractivity contribution in [1.82, 2.24) is 0 Å². The fourth-order valence-corrected chi connectivity index (χ4v) is 2.29. The molecule has 0 bridgehead atoms. The van der Waals surface area contributed by atoms with Gasteiger partial charge in [-0.2, -0.15) is 0 Å². The van der Waals surface area contributed by atoms with Crippen LogP contribution in [0.1, 0.15) is 36.5 Å². The van der Waals surface area contributed by atoms with Crippen molar-refractivity contribution in [2.75, 3.05) is 25.1 Å². The van der Waals surface area contributed by atoms with E-state index < -0.39 is 0 Å². The fourth-order valence-electron chi connectivity index (χ4n) is 2.29. The van der Waals surface area contributed by atoms with Gasteiger partial charge in [0.2, 0.25) is 0 Å². The lowest BCUT2D eigenvalue weighted by atomic mass is 10.1. The van der Waals surface area contributed by atoms with Gasteiger partial charge in [-0.1, -0.05) is 0 Å². The van der Waals surface area contributed by atoms with Crippen molar-refractivity contribution >= 4 is 11.5 Å². The van der Waals surface area contributed by atoms with E-state index in [9.17, 15) is 4.79 Å². The highest BCUT2D eigenvalue weighted by Crippen LogP contribution is 2.31. The van der Waals surface area contributed by atoms with Gasteiger partial charge in [-0.15, -0.1) is 0 Å². The maximum Gasteiger partial charge on any atom is 0.159 e. The molecule has 0 N–H and O–H groups in total. The lowest BCUT2D eigenvalue weighted by Crippen LogP contribution is -2.29. The van der Waals surface area contributed by atoms with Gasteiger partial charge in [0.05, 0.1) is 12.8 Å². The van der Waals surface area contributed by atoms with Crippen LogP contribution in [-0.4, -0.2) is 26.0 Å². The van der Waals surface area contributed by atoms with E-state index in [1.54, 1.807) is 14.0 Å². The lowest BCUT2D eigenvalue weighted by molar-refractivity contribution is 0.101. The zero-order valence-corrected chi connectivity index (χ0v) is 10.5. The zero-order valence-electron chi connectivity index (χ0n) is 10.5. The highest BCUT2D eigenvalue weighted by atomic mass is 16.5. The van der Waals surface area contributed by atoms with Gasteiger partial charge in [-0.3, -0.25) is 4.79 Å². The second-order valence-electron chi connectivity index (χ2n) is 4.49. The molecule has 17 heavy (non-hydrogen) atoms. The Kier molecular flexibility index (Phi) is 3.67. The number of rotatable bonds is 3. The van der Waals surface area contributed by atoms with Crippen LogP contribution in [-0.2, 0) is 0 Å². The molecule has 92 valence electrons. The molecule has 2 rings (SSSR count). The molecule has 0 unspecified atom stereocenters. The minimum absolute atomic E-state index is 0.103. The Bertz CT molecular complexity index is 409. The summed E-state index contributed by atoms with van der Waals surface area (Å²) in [5, 5.41) is 0. The first-order valence-corrected chi connectivity index (χ1v) is 6.16. The maximum absolute atomic E-state index is 11.4. The third-order valence-corrected chi connectivity index (χ3v) is 3.28. The molecule has 0 saturated carbocycles. The monoisotopic (exact) mass is 233 g/mol. The molecule has 1 heterocycles. The minimum atomic E-state index is 0.103. The largest absolute Gasteiger partial charge is 0.495 e. The molecule has 0 amide bonds. The SMILES string of the molecule is COc1ccc(C(C)=O)cc1N1CCCCC1. The van der Waals surface area contributed by atoms with E-state index in [-0.39, 0.29) is 5.78 Å². The number of methoxy groups -OCH3 is 1. The summed E-state index contributed by atoms with van der Waals surface area (Å²) < 4.78 is 5.38. The molecular weight excluding hydrogens is 214 g/mol. The lowest BCUT2D eigenvalue weighted by Gasteiger charge is -2.30. The minimum Gasteiger partial charge on any atom is -0.495 e. The van der Waals surface area contributed by atoms with Crippen LogP contribution in [0.3, 0.4) is 0 Å². The Hall–Kier alpha value is -1.51. The second-order valence-corrected chi connectivity index (χ2v) is 4.49. The molecule has 0 radical (unpaired) electrons. The zero-order chi connectivity index (χ0) is 12.3. The molecule has 1 fully saturated rings. The molecule has 1 aromatic carbocycles. The summed E-state index contributed by atoms with van der Waals surface area (Å²) in [7, 11) is 1.68. The van der Waals surface area contributed by atoms with Crippen LogP contribution in [0.2, 0.25) is 0 Å². The van der Waals surface area contributed by atoms with Crippen LogP contribution in [0, 0.1) is 0 Å². The quantitative estimate of drug-likeness (QED) is 0.752. The van der Waals surface area contributed by atoms with Crippen LogP contribution in [0.25, 0.3) is 0 Å². The summed E-state index contributed by atoms with van der Waals surface area (Å²) in [6, 6.07) is 5.67. The first kappa shape index (κ1) is 12.0. The topological polar surface area (TPSA) is 29.5 Å². The van der Waals surface area contributed by atoms with Crippen LogP contribution >= 0.6 is 0 Å². The van der Waals surface area contributed by atoms with Crippen molar-refractivity contribution in [2.24, 2.45) is 0 Å². The summed E-state index contributed by atoms with van der Waals surface area (Å²) >= 11 is 0. The Morgan fingerprint density at radius 3 is 2.53 bits per heavy atom. The van der Waals surface area contributed by atoms with Gasteiger partial charge < -0.3 is 9.64 Å². The molecule has 1 aliphatic heterocycles. The molecule has 0 aliphatic carbocycles. The molecule has 0 atom stereocenters. The molecule has 1 saturated heterocycles. The van der Waals surface area contributed by atoms with Gasteiger partial charge in [0.25, 0.3) is 0 Å².